The summed E-state index contributed by atoms with van der Waals surface area (Å²) in [5, 5.41) is 3.92. The number of anilines is 1. The fraction of sp³-hybridized carbons (Fsp3) is 0.182. The minimum atomic E-state index is -0.610. The molecule has 0 saturated carbocycles. The highest BCUT2D eigenvalue weighted by Gasteiger charge is 2.11. The number of nitrogens with zero attached hydrogens (tertiary/aromatic N) is 3. The first kappa shape index (κ1) is 12.0. The second-order valence-electron chi connectivity index (χ2n) is 3.60. The molecule has 2 aromatic rings. The zero-order valence-electron chi connectivity index (χ0n) is 9.63. The summed E-state index contributed by atoms with van der Waals surface area (Å²) in [5.41, 5.74) is 6.69. The largest absolute Gasteiger partial charge is 0.463 e. The van der Waals surface area contributed by atoms with Crippen LogP contribution < -0.4 is 5.73 Å². The van der Waals surface area contributed by atoms with Gasteiger partial charge in [0.15, 0.2) is 0 Å². The van der Waals surface area contributed by atoms with Crippen LogP contribution in [-0.4, -0.2) is 27.8 Å². The van der Waals surface area contributed by atoms with Crippen molar-refractivity contribution in [3.05, 3.63) is 41.7 Å². The second-order valence-corrected chi connectivity index (χ2v) is 3.60. The van der Waals surface area contributed by atoms with Crippen molar-refractivity contribution in [3.63, 3.8) is 0 Å². The van der Waals surface area contributed by atoms with E-state index in [0.29, 0.717) is 17.8 Å². The topological polar surface area (TPSA) is 83.0 Å². The number of hydrogen-bond donors (Lipinski definition) is 1. The van der Waals surface area contributed by atoms with E-state index in [9.17, 15) is 9.18 Å². The monoisotopic (exact) mass is 250 g/mol. The van der Waals surface area contributed by atoms with E-state index in [1.165, 1.54) is 30.3 Å². The molecule has 0 aliphatic rings. The number of hydrogen-bond acceptors (Lipinski definition) is 5. The Balaban J connectivity index is 2.18. The van der Waals surface area contributed by atoms with Crippen LogP contribution in [0.2, 0.25) is 0 Å². The lowest BCUT2D eigenvalue weighted by atomic mass is 10.2. The average Bonchev–Trinajstić information content (AvgIpc) is 2.80. The van der Waals surface area contributed by atoms with E-state index >= 15 is 0 Å². The standard InChI is InChI=1S/C11H11FN4O2/c1-18-11(17)10-14-6-16(15-10)5-7-2-3-8(12)4-9(7)13/h2-4,6H,5,13H2,1H3. The molecule has 7 heteroatoms. The van der Waals surface area contributed by atoms with Crippen LogP contribution in [0.5, 0.6) is 0 Å². The van der Waals surface area contributed by atoms with Crippen LogP contribution in [0.4, 0.5) is 10.1 Å². The molecule has 1 aromatic heterocycles. The van der Waals surface area contributed by atoms with Crippen LogP contribution in [0, 0.1) is 5.82 Å². The summed E-state index contributed by atoms with van der Waals surface area (Å²) >= 11 is 0. The molecule has 0 spiro atoms. The van der Waals surface area contributed by atoms with E-state index in [1.54, 1.807) is 6.07 Å². The molecule has 1 aromatic carbocycles. The number of rotatable bonds is 3. The van der Waals surface area contributed by atoms with Crippen LogP contribution >= 0.6 is 0 Å². The van der Waals surface area contributed by atoms with Gasteiger partial charge in [0.05, 0.1) is 13.7 Å². The normalized spacial score (nSPS) is 10.3. The minimum absolute atomic E-state index is 0.0295. The summed E-state index contributed by atoms with van der Waals surface area (Å²) < 4.78 is 18.8. The van der Waals surface area contributed by atoms with Gasteiger partial charge in [0.25, 0.3) is 5.82 Å². The van der Waals surface area contributed by atoms with Crippen molar-refractivity contribution in [1.82, 2.24) is 14.8 Å². The Morgan fingerprint density at radius 1 is 1.56 bits per heavy atom. The third kappa shape index (κ3) is 2.45. The number of benzene rings is 1. The maximum atomic E-state index is 12.9. The molecule has 0 amide bonds. The number of nitrogens with two attached hydrogens (primary N) is 1. The van der Waals surface area contributed by atoms with E-state index in [-0.39, 0.29) is 5.82 Å². The lowest BCUT2D eigenvalue weighted by Crippen LogP contribution is -2.07. The summed E-state index contributed by atoms with van der Waals surface area (Å²) in [6, 6.07) is 4.10. The first-order chi connectivity index (χ1) is 8.60. The molecule has 0 fully saturated rings. The van der Waals surface area contributed by atoms with Gasteiger partial charge in [-0.25, -0.2) is 18.9 Å². The molecule has 1 heterocycles. The van der Waals surface area contributed by atoms with Crippen LogP contribution in [-0.2, 0) is 11.3 Å². The number of halogens is 1. The number of ether oxygens (including phenoxy) is 1. The Bertz CT molecular complexity index is 582. The Hall–Kier alpha value is -2.44. The van der Waals surface area contributed by atoms with Crippen molar-refractivity contribution in [1.29, 1.82) is 0 Å². The highest BCUT2D eigenvalue weighted by Crippen LogP contribution is 2.14. The maximum absolute atomic E-state index is 12.9. The van der Waals surface area contributed by atoms with Gasteiger partial charge < -0.3 is 10.5 Å². The Morgan fingerprint density at radius 3 is 3.00 bits per heavy atom. The number of carbonyl (C=O) groups excluding carboxylic acids is 1. The van der Waals surface area contributed by atoms with E-state index in [1.807, 2.05) is 0 Å². The van der Waals surface area contributed by atoms with Gasteiger partial charge in [0.1, 0.15) is 12.1 Å². The fourth-order valence-corrected chi connectivity index (χ4v) is 1.44. The number of carbonyl (C=O) groups is 1. The van der Waals surface area contributed by atoms with Gasteiger partial charge >= 0.3 is 5.97 Å². The molecule has 0 unspecified atom stereocenters. The van der Waals surface area contributed by atoms with E-state index in [4.69, 9.17) is 5.73 Å². The predicted octanol–water partition coefficient (Wildman–Crippen LogP) is 0.834. The van der Waals surface area contributed by atoms with E-state index < -0.39 is 11.8 Å². The smallest absolute Gasteiger partial charge is 0.377 e. The van der Waals surface area contributed by atoms with Crippen molar-refractivity contribution in [2.75, 3.05) is 12.8 Å². The number of methoxy groups -OCH3 is 1. The quantitative estimate of drug-likeness (QED) is 0.644. The summed E-state index contributed by atoms with van der Waals surface area (Å²) in [5.74, 6) is -1.04. The Labute approximate surface area is 102 Å². The molecular weight excluding hydrogens is 239 g/mol. The zero-order chi connectivity index (χ0) is 13.1. The summed E-state index contributed by atoms with van der Waals surface area (Å²) in [7, 11) is 1.25. The Kier molecular flexibility index (Phi) is 3.22. The summed E-state index contributed by atoms with van der Waals surface area (Å²) in [6.45, 7) is 0.302. The van der Waals surface area contributed by atoms with Crippen molar-refractivity contribution in [2.24, 2.45) is 0 Å². The maximum Gasteiger partial charge on any atom is 0.377 e. The van der Waals surface area contributed by atoms with E-state index in [2.05, 4.69) is 14.8 Å². The van der Waals surface area contributed by atoms with Gasteiger partial charge in [-0.15, -0.1) is 5.10 Å². The fourth-order valence-electron chi connectivity index (χ4n) is 1.44. The Morgan fingerprint density at radius 2 is 2.33 bits per heavy atom. The van der Waals surface area contributed by atoms with Gasteiger partial charge in [0, 0.05) is 5.69 Å². The lowest BCUT2D eigenvalue weighted by Gasteiger charge is -2.04. The van der Waals surface area contributed by atoms with Gasteiger partial charge in [0.2, 0.25) is 0 Å². The van der Waals surface area contributed by atoms with Gasteiger partial charge in [-0.3, -0.25) is 0 Å². The number of nitrogen functional groups attached to an aromatic ring is 1. The van der Waals surface area contributed by atoms with E-state index in [0.717, 1.165) is 0 Å². The molecule has 2 rings (SSSR count). The minimum Gasteiger partial charge on any atom is -0.463 e. The average molecular weight is 250 g/mol. The van der Waals surface area contributed by atoms with Crippen LogP contribution in [0.15, 0.2) is 24.5 Å². The third-order valence-corrected chi connectivity index (χ3v) is 2.34. The molecule has 0 atom stereocenters. The summed E-state index contributed by atoms with van der Waals surface area (Å²) in [6.07, 6.45) is 1.38. The highest BCUT2D eigenvalue weighted by molar-refractivity contribution is 5.84. The highest BCUT2D eigenvalue weighted by atomic mass is 19.1. The molecule has 0 saturated heterocycles. The molecule has 0 radical (unpaired) electrons. The second kappa shape index (κ2) is 4.82. The lowest BCUT2D eigenvalue weighted by molar-refractivity contribution is 0.0586. The van der Waals surface area contributed by atoms with Crippen LogP contribution in [0.25, 0.3) is 0 Å². The van der Waals surface area contributed by atoms with Gasteiger partial charge in [-0.1, -0.05) is 6.07 Å². The predicted molar refractivity (Wildman–Crippen MR) is 61.3 cm³/mol. The molecular formula is C11H11FN4O2. The van der Waals surface area contributed by atoms with Crippen LogP contribution in [0.3, 0.4) is 0 Å². The molecule has 0 aliphatic heterocycles. The van der Waals surface area contributed by atoms with Crippen molar-refractivity contribution in [2.45, 2.75) is 6.54 Å². The third-order valence-electron chi connectivity index (χ3n) is 2.34. The molecule has 6 nitrogen and oxygen atoms in total. The van der Waals surface area contributed by atoms with Crippen molar-refractivity contribution in [3.8, 4) is 0 Å². The summed E-state index contributed by atoms with van der Waals surface area (Å²) in [4.78, 5) is 14.9. The molecule has 2 N–H and O–H groups in total. The molecule has 94 valence electrons. The number of esters is 1. The first-order valence-corrected chi connectivity index (χ1v) is 5.12. The molecule has 0 aliphatic carbocycles. The first-order valence-electron chi connectivity index (χ1n) is 5.12. The van der Waals surface area contributed by atoms with Gasteiger partial charge in [-0.2, -0.15) is 0 Å². The zero-order valence-corrected chi connectivity index (χ0v) is 9.63. The number of aromatic nitrogens is 3. The molecule has 0 bridgehead atoms. The van der Waals surface area contributed by atoms with Crippen LogP contribution in [0.1, 0.15) is 16.2 Å². The van der Waals surface area contributed by atoms with Crippen molar-refractivity contribution < 1.29 is 13.9 Å². The van der Waals surface area contributed by atoms with Crippen molar-refractivity contribution >= 4 is 11.7 Å². The SMILES string of the molecule is COC(=O)c1ncn(Cc2ccc(F)cc2N)n1. The molecule has 18 heavy (non-hydrogen) atoms. The van der Waals surface area contributed by atoms with Gasteiger partial charge in [-0.05, 0) is 17.7 Å².